The number of benzene rings is 1. The Morgan fingerprint density at radius 3 is 2.65 bits per heavy atom. The van der Waals surface area contributed by atoms with Crippen LogP contribution in [0.1, 0.15) is 24.5 Å². The molecule has 1 aromatic rings. The molecule has 0 aromatic heterocycles. The van der Waals surface area contributed by atoms with E-state index in [4.69, 9.17) is 14.2 Å². The predicted molar refractivity (Wildman–Crippen MR) is 82.6 cm³/mol. The predicted octanol–water partition coefficient (Wildman–Crippen LogP) is 3.15. The lowest BCUT2D eigenvalue weighted by Gasteiger charge is -2.33. The van der Waals surface area contributed by atoms with E-state index < -0.39 is 0 Å². The first-order valence-corrected chi connectivity index (χ1v) is 7.68. The first kappa shape index (κ1) is 15.6. The molecule has 1 N–H and O–H groups in total. The highest BCUT2D eigenvalue weighted by molar-refractivity contribution is 9.10. The van der Waals surface area contributed by atoms with Crippen LogP contribution in [-0.4, -0.2) is 34.4 Å². The van der Waals surface area contributed by atoms with E-state index in [1.807, 2.05) is 19.2 Å². The van der Waals surface area contributed by atoms with Crippen molar-refractivity contribution in [3.8, 4) is 11.5 Å². The quantitative estimate of drug-likeness (QED) is 0.891. The van der Waals surface area contributed by atoms with Gasteiger partial charge in [-0.25, -0.2) is 0 Å². The maximum atomic E-state index is 6.02. The summed E-state index contributed by atoms with van der Waals surface area (Å²) in [6, 6.07) is 3.96. The van der Waals surface area contributed by atoms with Gasteiger partial charge in [-0.05, 0) is 37.6 Å². The molecule has 0 aliphatic carbocycles. The molecule has 112 valence electrons. The van der Waals surface area contributed by atoms with Crippen LogP contribution in [0, 0.1) is 5.92 Å². The van der Waals surface area contributed by atoms with Gasteiger partial charge in [0.15, 0.2) is 11.5 Å². The lowest BCUT2D eigenvalue weighted by Crippen LogP contribution is -2.30. The van der Waals surface area contributed by atoms with Crippen molar-refractivity contribution in [3.05, 3.63) is 22.2 Å². The minimum atomic E-state index is 0.0883. The summed E-state index contributed by atoms with van der Waals surface area (Å²) in [5, 5.41) is 3.26. The summed E-state index contributed by atoms with van der Waals surface area (Å²) in [6.45, 7) is 1.76. The SMILES string of the molecule is CNCC1CCCOC1c1cc(OC)c(OC)cc1Br. The second-order valence-electron chi connectivity index (χ2n) is 4.98. The zero-order valence-electron chi connectivity index (χ0n) is 12.2. The third kappa shape index (κ3) is 3.27. The van der Waals surface area contributed by atoms with E-state index in [2.05, 4.69) is 21.2 Å². The molecule has 0 spiro atoms. The highest BCUT2D eigenvalue weighted by atomic mass is 79.9. The Balaban J connectivity index is 2.34. The molecule has 0 saturated carbocycles. The van der Waals surface area contributed by atoms with Crippen molar-refractivity contribution < 1.29 is 14.2 Å². The van der Waals surface area contributed by atoms with Gasteiger partial charge >= 0.3 is 0 Å². The third-order valence-electron chi connectivity index (χ3n) is 3.72. The average molecular weight is 344 g/mol. The Kier molecular flexibility index (Phi) is 5.69. The van der Waals surface area contributed by atoms with Crippen LogP contribution < -0.4 is 14.8 Å². The van der Waals surface area contributed by atoms with Crippen molar-refractivity contribution in [3.63, 3.8) is 0 Å². The molecule has 0 radical (unpaired) electrons. The Morgan fingerprint density at radius 2 is 2.00 bits per heavy atom. The second-order valence-corrected chi connectivity index (χ2v) is 5.83. The molecule has 20 heavy (non-hydrogen) atoms. The van der Waals surface area contributed by atoms with Crippen molar-refractivity contribution in [1.29, 1.82) is 0 Å². The molecule has 1 heterocycles. The van der Waals surface area contributed by atoms with E-state index in [-0.39, 0.29) is 6.10 Å². The summed E-state index contributed by atoms with van der Waals surface area (Å²) in [7, 11) is 5.28. The lowest BCUT2D eigenvalue weighted by atomic mass is 9.89. The molecule has 0 bridgehead atoms. The molecule has 1 aliphatic heterocycles. The number of ether oxygens (including phenoxy) is 3. The molecule has 0 amide bonds. The van der Waals surface area contributed by atoms with E-state index in [1.54, 1.807) is 14.2 Å². The fraction of sp³-hybridized carbons (Fsp3) is 0.600. The van der Waals surface area contributed by atoms with Gasteiger partial charge in [0.25, 0.3) is 0 Å². The zero-order valence-corrected chi connectivity index (χ0v) is 13.8. The van der Waals surface area contributed by atoms with Gasteiger partial charge in [-0.1, -0.05) is 15.9 Å². The van der Waals surface area contributed by atoms with Crippen LogP contribution in [0.4, 0.5) is 0 Å². The number of halogens is 1. The van der Waals surface area contributed by atoms with Crippen LogP contribution in [0.25, 0.3) is 0 Å². The third-order valence-corrected chi connectivity index (χ3v) is 4.41. The largest absolute Gasteiger partial charge is 0.493 e. The van der Waals surface area contributed by atoms with Crippen LogP contribution in [0.5, 0.6) is 11.5 Å². The molecule has 2 unspecified atom stereocenters. The highest BCUT2D eigenvalue weighted by Crippen LogP contribution is 2.41. The summed E-state index contributed by atoms with van der Waals surface area (Å²) in [5.41, 5.74) is 1.13. The Labute approximate surface area is 128 Å². The zero-order chi connectivity index (χ0) is 14.5. The molecular weight excluding hydrogens is 322 g/mol. The fourth-order valence-corrected chi connectivity index (χ4v) is 3.29. The van der Waals surface area contributed by atoms with Crippen LogP contribution in [0.2, 0.25) is 0 Å². The molecule has 1 saturated heterocycles. The molecule has 2 rings (SSSR count). The van der Waals surface area contributed by atoms with Crippen LogP contribution >= 0.6 is 15.9 Å². The minimum Gasteiger partial charge on any atom is -0.493 e. The average Bonchev–Trinajstić information content (AvgIpc) is 2.48. The maximum Gasteiger partial charge on any atom is 0.161 e. The monoisotopic (exact) mass is 343 g/mol. The van der Waals surface area contributed by atoms with Gasteiger partial charge in [0.2, 0.25) is 0 Å². The van der Waals surface area contributed by atoms with Gasteiger partial charge in [0.1, 0.15) is 0 Å². The summed E-state index contributed by atoms with van der Waals surface area (Å²) < 4.78 is 17.7. The Hall–Kier alpha value is -0.780. The number of hydrogen-bond acceptors (Lipinski definition) is 4. The van der Waals surface area contributed by atoms with Gasteiger partial charge in [-0.3, -0.25) is 0 Å². The molecule has 1 aromatic carbocycles. The van der Waals surface area contributed by atoms with Crippen LogP contribution in [-0.2, 0) is 4.74 Å². The molecule has 1 fully saturated rings. The first-order valence-electron chi connectivity index (χ1n) is 6.88. The van der Waals surface area contributed by atoms with E-state index in [0.717, 1.165) is 41.1 Å². The van der Waals surface area contributed by atoms with Crippen molar-refractivity contribution >= 4 is 15.9 Å². The van der Waals surface area contributed by atoms with Gasteiger partial charge in [0.05, 0.1) is 20.3 Å². The van der Waals surface area contributed by atoms with E-state index in [0.29, 0.717) is 5.92 Å². The molecular formula is C15H22BrNO3. The van der Waals surface area contributed by atoms with Crippen molar-refractivity contribution in [1.82, 2.24) is 5.32 Å². The number of methoxy groups -OCH3 is 2. The van der Waals surface area contributed by atoms with Crippen molar-refractivity contribution in [2.75, 3.05) is 34.4 Å². The maximum absolute atomic E-state index is 6.02. The molecule has 5 heteroatoms. The molecule has 1 aliphatic rings. The standard InChI is InChI=1S/C15H22BrNO3/c1-17-9-10-5-4-6-20-15(10)11-7-13(18-2)14(19-3)8-12(11)16/h7-8,10,15,17H,4-6,9H2,1-3H3. The summed E-state index contributed by atoms with van der Waals surface area (Å²) in [6.07, 6.45) is 2.38. The van der Waals surface area contributed by atoms with E-state index in [1.165, 1.54) is 6.42 Å². The summed E-state index contributed by atoms with van der Waals surface area (Å²) in [4.78, 5) is 0. The Morgan fingerprint density at radius 1 is 1.30 bits per heavy atom. The fourth-order valence-electron chi connectivity index (χ4n) is 2.75. The van der Waals surface area contributed by atoms with Gasteiger partial charge < -0.3 is 19.5 Å². The van der Waals surface area contributed by atoms with Gasteiger partial charge in [0, 0.05) is 23.5 Å². The molecule has 2 atom stereocenters. The van der Waals surface area contributed by atoms with Crippen LogP contribution in [0.3, 0.4) is 0 Å². The van der Waals surface area contributed by atoms with Gasteiger partial charge in [-0.15, -0.1) is 0 Å². The smallest absolute Gasteiger partial charge is 0.161 e. The van der Waals surface area contributed by atoms with Crippen LogP contribution in [0.15, 0.2) is 16.6 Å². The molecule has 4 nitrogen and oxygen atoms in total. The number of hydrogen-bond donors (Lipinski definition) is 1. The summed E-state index contributed by atoms with van der Waals surface area (Å²) in [5.74, 6) is 1.94. The summed E-state index contributed by atoms with van der Waals surface area (Å²) >= 11 is 3.63. The number of rotatable bonds is 5. The normalized spacial score (nSPS) is 22.6. The topological polar surface area (TPSA) is 39.7 Å². The van der Waals surface area contributed by atoms with Crippen molar-refractivity contribution in [2.45, 2.75) is 18.9 Å². The van der Waals surface area contributed by atoms with Crippen molar-refractivity contribution in [2.24, 2.45) is 5.92 Å². The lowest BCUT2D eigenvalue weighted by molar-refractivity contribution is -0.0277. The highest BCUT2D eigenvalue weighted by Gasteiger charge is 2.29. The second kappa shape index (κ2) is 7.29. The van der Waals surface area contributed by atoms with E-state index >= 15 is 0 Å². The van der Waals surface area contributed by atoms with E-state index in [9.17, 15) is 0 Å². The number of nitrogens with one attached hydrogen (secondary N) is 1. The van der Waals surface area contributed by atoms with Gasteiger partial charge in [-0.2, -0.15) is 0 Å². The Bertz CT molecular complexity index is 451. The first-order chi connectivity index (χ1) is 9.71. The minimum absolute atomic E-state index is 0.0883.